The fraction of sp³-hybridized carbons (Fsp3) is 0.531. The van der Waals surface area contributed by atoms with Crippen LogP contribution in [-0.2, 0) is 47.7 Å². The summed E-state index contributed by atoms with van der Waals surface area (Å²) in [6.45, 7) is 3.79. The highest BCUT2D eigenvalue weighted by Crippen LogP contribution is 2.66. The summed E-state index contributed by atoms with van der Waals surface area (Å²) >= 11 is 6.45. The molecule has 0 spiro atoms. The molecule has 0 radical (unpaired) electrons. The molecule has 1 amide bonds. The quantitative estimate of drug-likeness (QED) is 0.237. The van der Waals surface area contributed by atoms with Gasteiger partial charge in [0, 0.05) is 50.6 Å². The molecule has 5 aliphatic rings. The molecule has 6 atom stereocenters. The van der Waals surface area contributed by atoms with Gasteiger partial charge in [0.1, 0.15) is 5.75 Å². The molecule has 6 unspecified atom stereocenters. The highest BCUT2D eigenvalue weighted by atomic mass is 35.5. The van der Waals surface area contributed by atoms with Gasteiger partial charge in [-0.05, 0) is 36.1 Å². The number of amides is 1. The number of alkyl halides is 1. The standard InChI is InChI=1S/C32H34ClNO11/c1-15(35)41-25-26(42-16(2)36)28(43-17(3)37)30(45-27(25)29(38)40-4)44-23-9-22-24(21-8-6-5-7-20(21)23)19(13-33)14-34(22)31(39)32-10-18(11-32)12-32/h5-9,18-19,25-28,30H,10-14H2,1-4H3. The van der Waals surface area contributed by atoms with Crippen LogP contribution in [0.5, 0.6) is 5.75 Å². The van der Waals surface area contributed by atoms with Gasteiger partial charge in [0.05, 0.1) is 18.2 Å². The van der Waals surface area contributed by atoms with Crippen LogP contribution in [0, 0.1) is 11.3 Å². The SMILES string of the molecule is COC(=O)C1OC(Oc2cc3c(c4ccccc24)C(CCl)CN3C(=O)C23CC(C2)C3)C(OC(C)=O)C(OC(C)=O)C1OC(C)=O. The minimum Gasteiger partial charge on any atom is -0.467 e. The van der Waals surface area contributed by atoms with Gasteiger partial charge in [-0.15, -0.1) is 11.6 Å². The third-order valence-electron chi connectivity index (χ3n) is 9.13. The molecular formula is C32H34ClNO11. The Morgan fingerprint density at radius 1 is 0.911 bits per heavy atom. The number of carbonyl (C=O) groups is 5. The van der Waals surface area contributed by atoms with Crippen molar-refractivity contribution in [1.29, 1.82) is 0 Å². The van der Waals surface area contributed by atoms with E-state index in [1.807, 2.05) is 24.3 Å². The minimum atomic E-state index is -1.61. The van der Waals surface area contributed by atoms with Crippen LogP contribution in [0.1, 0.15) is 51.5 Å². The first kappa shape index (κ1) is 31.1. The summed E-state index contributed by atoms with van der Waals surface area (Å²) in [7, 11) is 1.12. The highest BCUT2D eigenvalue weighted by Gasteiger charge is 2.63. The molecule has 45 heavy (non-hydrogen) atoms. The zero-order chi connectivity index (χ0) is 32.2. The summed E-state index contributed by atoms with van der Waals surface area (Å²) in [4.78, 5) is 65.1. The van der Waals surface area contributed by atoms with Crippen molar-refractivity contribution in [2.24, 2.45) is 11.3 Å². The van der Waals surface area contributed by atoms with Crippen molar-refractivity contribution in [3.05, 3.63) is 35.9 Å². The first-order valence-electron chi connectivity index (χ1n) is 14.8. The second kappa shape index (κ2) is 11.8. The topological polar surface area (TPSA) is 144 Å². The van der Waals surface area contributed by atoms with Crippen LogP contribution in [0.2, 0.25) is 0 Å². The predicted octanol–water partition coefficient (Wildman–Crippen LogP) is 3.38. The van der Waals surface area contributed by atoms with Gasteiger partial charge in [0.15, 0.2) is 18.3 Å². The summed E-state index contributed by atoms with van der Waals surface area (Å²) in [6.07, 6.45) is -4.99. The van der Waals surface area contributed by atoms with E-state index in [2.05, 4.69) is 0 Å². The molecule has 13 heteroatoms. The molecule has 2 aliphatic heterocycles. The van der Waals surface area contributed by atoms with E-state index in [0.29, 0.717) is 29.4 Å². The lowest BCUT2D eigenvalue weighted by Gasteiger charge is -2.61. The summed E-state index contributed by atoms with van der Waals surface area (Å²) in [5.74, 6) is -2.18. The number of esters is 4. The van der Waals surface area contributed by atoms with Crippen LogP contribution in [0.4, 0.5) is 5.69 Å². The largest absolute Gasteiger partial charge is 0.467 e. The first-order valence-corrected chi connectivity index (χ1v) is 15.3. The van der Waals surface area contributed by atoms with Gasteiger partial charge in [0.25, 0.3) is 0 Å². The van der Waals surface area contributed by atoms with Crippen LogP contribution in [0.15, 0.2) is 30.3 Å². The minimum absolute atomic E-state index is 0.0664. The fourth-order valence-electron chi connectivity index (χ4n) is 7.16. The van der Waals surface area contributed by atoms with Crippen molar-refractivity contribution in [1.82, 2.24) is 0 Å². The molecule has 2 heterocycles. The maximum Gasteiger partial charge on any atom is 0.339 e. The number of fused-ring (bicyclic) bond motifs is 3. The number of hydrogen-bond donors (Lipinski definition) is 0. The van der Waals surface area contributed by atoms with Crippen LogP contribution in [0.25, 0.3) is 10.8 Å². The summed E-state index contributed by atoms with van der Waals surface area (Å²) in [5, 5.41) is 1.46. The third kappa shape index (κ3) is 5.37. The number of rotatable bonds is 8. The van der Waals surface area contributed by atoms with E-state index in [4.69, 9.17) is 40.0 Å². The molecule has 4 fully saturated rings. The second-order valence-electron chi connectivity index (χ2n) is 12.2. The zero-order valence-corrected chi connectivity index (χ0v) is 26.0. The normalized spacial score (nSPS) is 31.1. The number of anilines is 1. The number of methoxy groups -OCH3 is 1. The van der Waals surface area contributed by atoms with Crippen molar-refractivity contribution in [3.63, 3.8) is 0 Å². The fourth-order valence-corrected chi connectivity index (χ4v) is 7.41. The predicted molar refractivity (Wildman–Crippen MR) is 158 cm³/mol. The van der Waals surface area contributed by atoms with Crippen molar-refractivity contribution >= 4 is 57.8 Å². The molecule has 0 aromatic heterocycles. The number of carbonyl (C=O) groups excluding carboxylic acids is 5. The molecule has 2 bridgehead atoms. The lowest BCUT2D eigenvalue weighted by atomic mass is 9.44. The van der Waals surface area contributed by atoms with E-state index >= 15 is 0 Å². The molecule has 1 saturated heterocycles. The van der Waals surface area contributed by atoms with Crippen LogP contribution >= 0.6 is 11.6 Å². The van der Waals surface area contributed by atoms with E-state index < -0.39 is 54.6 Å². The maximum atomic E-state index is 13.9. The van der Waals surface area contributed by atoms with Gasteiger partial charge >= 0.3 is 23.9 Å². The lowest BCUT2D eigenvalue weighted by Crippen LogP contribution is -2.64. The second-order valence-corrected chi connectivity index (χ2v) is 12.5. The Bertz CT molecular complexity index is 1560. The van der Waals surface area contributed by atoms with Gasteiger partial charge in [-0.3, -0.25) is 19.2 Å². The molecule has 12 nitrogen and oxygen atoms in total. The van der Waals surface area contributed by atoms with Crippen molar-refractivity contribution in [2.45, 2.75) is 76.7 Å². The average Bonchev–Trinajstić information content (AvgIpc) is 3.32. The van der Waals surface area contributed by atoms with Gasteiger partial charge < -0.3 is 33.3 Å². The monoisotopic (exact) mass is 643 g/mol. The Morgan fingerprint density at radius 2 is 1.51 bits per heavy atom. The van der Waals surface area contributed by atoms with Crippen LogP contribution in [-0.4, -0.2) is 80.0 Å². The highest BCUT2D eigenvalue weighted by molar-refractivity contribution is 6.19. The van der Waals surface area contributed by atoms with Crippen LogP contribution in [0.3, 0.4) is 0 Å². The maximum absolute atomic E-state index is 13.9. The van der Waals surface area contributed by atoms with Gasteiger partial charge in [-0.25, -0.2) is 4.79 Å². The zero-order valence-electron chi connectivity index (χ0n) is 25.3. The van der Waals surface area contributed by atoms with E-state index in [-0.39, 0.29) is 23.0 Å². The Hall–Kier alpha value is -3.90. The van der Waals surface area contributed by atoms with Crippen LogP contribution < -0.4 is 9.64 Å². The van der Waals surface area contributed by atoms with Gasteiger partial charge in [-0.1, -0.05) is 24.3 Å². The molecule has 3 aliphatic carbocycles. The first-order chi connectivity index (χ1) is 21.5. The number of ether oxygens (including phenoxy) is 6. The third-order valence-corrected chi connectivity index (χ3v) is 9.50. The smallest absolute Gasteiger partial charge is 0.339 e. The molecule has 2 aromatic rings. The average molecular weight is 644 g/mol. The summed E-state index contributed by atoms with van der Waals surface area (Å²) in [5.41, 5.74) is 1.25. The lowest BCUT2D eigenvalue weighted by molar-refractivity contribution is -0.282. The Balaban J connectivity index is 1.44. The van der Waals surface area contributed by atoms with Gasteiger partial charge in [-0.2, -0.15) is 0 Å². The molecule has 7 rings (SSSR count). The Morgan fingerprint density at radius 3 is 2.07 bits per heavy atom. The van der Waals surface area contributed by atoms with Crippen molar-refractivity contribution < 1.29 is 52.4 Å². The Kier molecular flexibility index (Phi) is 8.15. The van der Waals surface area contributed by atoms with Crippen molar-refractivity contribution in [3.8, 4) is 5.75 Å². The number of nitrogens with zero attached hydrogens (tertiary/aromatic N) is 1. The molecule has 3 saturated carbocycles. The summed E-state index contributed by atoms with van der Waals surface area (Å²) < 4.78 is 33.7. The molecular weight excluding hydrogens is 610 g/mol. The summed E-state index contributed by atoms with van der Waals surface area (Å²) in [6, 6.07) is 9.16. The van der Waals surface area contributed by atoms with E-state index in [1.165, 1.54) is 0 Å². The molecule has 2 aromatic carbocycles. The van der Waals surface area contributed by atoms with E-state index in [9.17, 15) is 24.0 Å². The molecule has 240 valence electrons. The number of benzene rings is 2. The van der Waals surface area contributed by atoms with Gasteiger partial charge in [0.2, 0.25) is 18.3 Å². The van der Waals surface area contributed by atoms with E-state index in [0.717, 1.165) is 58.1 Å². The Labute approximate surface area is 264 Å². The van der Waals surface area contributed by atoms with Crippen molar-refractivity contribution in [2.75, 3.05) is 24.4 Å². The molecule has 0 N–H and O–H groups in total. The van der Waals surface area contributed by atoms with E-state index in [1.54, 1.807) is 11.0 Å². The number of hydrogen-bond acceptors (Lipinski definition) is 11. The number of halogens is 1.